The summed E-state index contributed by atoms with van der Waals surface area (Å²) in [5.41, 5.74) is 2.21. The largest absolute Gasteiger partial charge is 0.497 e. The first-order valence-electron chi connectivity index (χ1n) is 9.95. The molecule has 0 saturated carbocycles. The summed E-state index contributed by atoms with van der Waals surface area (Å²) >= 11 is 0. The number of hydrogen-bond acceptors (Lipinski definition) is 8. The number of nitrogens with one attached hydrogen (secondary N) is 1. The standard InChI is InChI=1S/C23H24N4O4S/c1-30-20-9-7-18(8-10-20)16-25-23-26-19(15-24)14-22(27-23)31-21-11-5-17(6-12-21)4-3-13-32(2,28)29/h5-12,14H,3-4,13,16H2,1-2H3,(H,25,26,27). The van der Waals surface area contributed by atoms with Crippen LogP contribution in [0.3, 0.4) is 0 Å². The van der Waals surface area contributed by atoms with Gasteiger partial charge in [0.25, 0.3) is 0 Å². The second-order valence-electron chi connectivity index (χ2n) is 7.21. The van der Waals surface area contributed by atoms with E-state index in [0.717, 1.165) is 16.9 Å². The van der Waals surface area contributed by atoms with Crippen molar-refractivity contribution in [1.82, 2.24) is 9.97 Å². The summed E-state index contributed by atoms with van der Waals surface area (Å²) in [6.45, 7) is 0.473. The number of benzene rings is 2. The maximum Gasteiger partial charge on any atom is 0.227 e. The van der Waals surface area contributed by atoms with Gasteiger partial charge < -0.3 is 14.8 Å². The zero-order chi connectivity index (χ0) is 23.0. The average Bonchev–Trinajstić information content (AvgIpc) is 2.78. The summed E-state index contributed by atoms with van der Waals surface area (Å²) in [5, 5.41) is 12.4. The maximum absolute atomic E-state index is 11.2. The minimum atomic E-state index is -2.96. The highest BCUT2D eigenvalue weighted by atomic mass is 32.2. The average molecular weight is 453 g/mol. The highest BCUT2D eigenvalue weighted by Crippen LogP contribution is 2.22. The van der Waals surface area contributed by atoms with E-state index in [4.69, 9.17) is 9.47 Å². The van der Waals surface area contributed by atoms with Crippen LogP contribution in [0.15, 0.2) is 54.6 Å². The fourth-order valence-corrected chi connectivity index (χ4v) is 3.59. The van der Waals surface area contributed by atoms with E-state index < -0.39 is 9.84 Å². The van der Waals surface area contributed by atoms with Gasteiger partial charge in [0.2, 0.25) is 11.8 Å². The van der Waals surface area contributed by atoms with E-state index in [2.05, 4.69) is 15.3 Å². The molecule has 0 atom stereocenters. The number of nitrogens with zero attached hydrogens (tertiary/aromatic N) is 3. The van der Waals surface area contributed by atoms with Crippen LogP contribution in [-0.4, -0.2) is 37.5 Å². The quantitative estimate of drug-likeness (QED) is 0.495. The Morgan fingerprint density at radius 2 is 1.66 bits per heavy atom. The van der Waals surface area contributed by atoms with Crippen molar-refractivity contribution in [2.45, 2.75) is 19.4 Å². The highest BCUT2D eigenvalue weighted by Gasteiger charge is 2.08. The van der Waals surface area contributed by atoms with Gasteiger partial charge in [-0.2, -0.15) is 10.2 Å². The molecule has 0 unspecified atom stereocenters. The first-order valence-corrected chi connectivity index (χ1v) is 12.0. The van der Waals surface area contributed by atoms with Crippen LogP contribution in [-0.2, 0) is 22.8 Å². The number of aryl methyl sites for hydroxylation is 1. The van der Waals surface area contributed by atoms with Gasteiger partial charge in [-0.1, -0.05) is 24.3 Å². The van der Waals surface area contributed by atoms with Gasteiger partial charge in [-0.3, -0.25) is 0 Å². The SMILES string of the molecule is COc1ccc(CNc2nc(C#N)cc(Oc3ccc(CCCS(C)(=O)=O)cc3)n2)cc1. The molecule has 0 spiro atoms. The summed E-state index contributed by atoms with van der Waals surface area (Å²) in [4.78, 5) is 8.51. The molecule has 8 nitrogen and oxygen atoms in total. The third-order valence-electron chi connectivity index (χ3n) is 4.55. The second kappa shape index (κ2) is 10.6. The molecule has 2 aromatic carbocycles. The molecule has 0 aliphatic heterocycles. The third kappa shape index (κ3) is 7.25. The lowest BCUT2D eigenvalue weighted by Gasteiger charge is -2.10. The number of sulfone groups is 1. The lowest BCUT2D eigenvalue weighted by molar-refractivity contribution is 0.414. The summed E-state index contributed by atoms with van der Waals surface area (Å²) < 4.78 is 33.4. The Morgan fingerprint density at radius 3 is 2.28 bits per heavy atom. The Labute approximate surface area is 187 Å². The number of nitriles is 1. The van der Waals surface area contributed by atoms with E-state index in [1.54, 1.807) is 19.2 Å². The number of rotatable bonds is 10. The molecule has 3 rings (SSSR count). The number of hydrogen-bond donors (Lipinski definition) is 1. The van der Waals surface area contributed by atoms with Gasteiger partial charge in [-0.05, 0) is 48.2 Å². The Balaban J connectivity index is 1.63. The molecule has 0 radical (unpaired) electrons. The van der Waals surface area contributed by atoms with Crippen molar-refractivity contribution in [3.05, 3.63) is 71.4 Å². The van der Waals surface area contributed by atoms with Crippen LogP contribution >= 0.6 is 0 Å². The Bertz CT molecular complexity index is 1190. The molecule has 3 aromatic rings. The van der Waals surface area contributed by atoms with E-state index in [1.807, 2.05) is 42.5 Å². The highest BCUT2D eigenvalue weighted by molar-refractivity contribution is 7.90. The molecule has 0 aliphatic carbocycles. The van der Waals surface area contributed by atoms with E-state index >= 15 is 0 Å². The molecule has 166 valence electrons. The number of methoxy groups -OCH3 is 1. The molecule has 0 amide bonds. The summed E-state index contributed by atoms with van der Waals surface area (Å²) in [6, 6.07) is 18.4. The van der Waals surface area contributed by atoms with Crippen molar-refractivity contribution in [3.63, 3.8) is 0 Å². The molecule has 0 aliphatic rings. The zero-order valence-electron chi connectivity index (χ0n) is 17.9. The fraction of sp³-hybridized carbons (Fsp3) is 0.261. The van der Waals surface area contributed by atoms with Gasteiger partial charge in [0.05, 0.1) is 12.9 Å². The van der Waals surface area contributed by atoms with Crippen LogP contribution in [0.2, 0.25) is 0 Å². The van der Waals surface area contributed by atoms with Crippen molar-refractivity contribution in [3.8, 4) is 23.4 Å². The van der Waals surface area contributed by atoms with Crippen molar-refractivity contribution in [2.24, 2.45) is 0 Å². The maximum atomic E-state index is 11.2. The molecule has 1 aromatic heterocycles. The van der Waals surface area contributed by atoms with Crippen molar-refractivity contribution in [1.29, 1.82) is 5.26 Å². The molecule has 9 heteroatoms. The van der Waals surface area contributed by atoms with Gasteiger partial charge in [0.15, 0.2) is 0 Å². The van der Waals surface area contributed by atoms with Crippen LogP contribution in [0.4, 0.5) is 5.95 Å². The predicted octanol–water partition coefficient (Wildman–Crippen LogP) is 3.74. The normalized spacial score (nSPS) is 10.9. The lowest BCUT2D eigenvalue weighted by Crippen LogP contribution is -2.05. The third-order valence-corrected chi connectivity index (χ3v) is 5.58. The predicted molar refractivity (Wildman–Crippen MR) is 122 cm³/mol. The van der Waals surface area contributed by atoms with Gasteiger partial charge >= 0.3 is 0 Å². The van der Waals surface area contributed by atoms with Crippen LogP contribution in [0.5, 0.6) is 17.4 Å². The summed E-state index contributed by atoms with van der Waals surface area (Å²) in [5.74, 6) is 2.02. The van der Waals surface area contributed by atoms with Crippen LogP contribution in [0, 0.1) is 11.3 Å². The number of ether oxygens (including phenoxy) is 2. The Kier molecular flexibility index (Phi) is 7.63. The van der Waals surface area contributed by atoms with Gasteiger partial charge in [-0.25, -0.2) is 13.4 Å². The Hall–Kier alpha value is -3.64. The molecule has 1 N–H and O–H groups in total. The molecular weight excluding hydrogens is 428 g/mol. The molecule has 1 heterocycles. The molecule has 0 saturated heterocycles. The van der Waals surface area contributed by atoms with Crippen molar-refractivity contribution >= 4 is 15.8 Å². The first-order chi connectivity index (χ1) is 15.3. The summed E-state index contributed by atoms with van der Waals surface area (Å²) in [7, 11) is -1.34. The number of anilines is 1. The van der Waals surface area contributed by atoms with Gasteiger partial charge in [0.1, 0.15) is 33.1 Å². The summed E-state index contributed by atoms with van der Waals surface area (Å²) in [6.07, 6.45) is 2.47. The van der Waals surface area contributed by atoms with Crippen molar-refractivity contribution in [2.75, 3.05) is 24.4 Å². The van der Waals surface area contributed by atoms with E-state index in [0.29, 0.717) is 25.1 Å². The van der Waals surface area contributed by atoms with E-state index in [-0.39, 0.29) is 23.3 Å². The molecule has 0 fully saturated rings. The lowest BCUT2D eigenvalue weighted by atomic mass is 10.1. The minimum Gasteiger partial charge on any atom is -0.497 e. The van der Waals surface area contributed by atoms with Crippen LogP contribution in [0.1, 0.15) is 23.2 Å². The minimum absolute atomic E-state index is 0.162. The molecular formula is C23H24N4O4S. The molecule has 32 heavy (non-hydrogen) atoms. The monoisotopic (exact) mass is 452 g/mol. The zero-order valence-corrected chi connectivity index (χ0v) is 18.7. The fourth-order valence-electron chi connectivity index (χ4n) is 2.92. The van der Waals surface area contributed by atoms with Gasteiger partial charge in [-0.15, -0.1) is 0 Å². The van der Waals surface area contributed by atoms with E-state index in [9.17, 15) is 13.7 Å². The van der Waals surface area contributed by atoms with Gasteiger partial charge in [0, 0.05) is 18.9 Å². The van der Waals surface area contributed by atoms with Crippen LogP contribution in [0.25, 0.3) is 0 Å². The van der Waals surface area contributed by atoms with Crippen molar-refractivity contribution < 1.29 is 17.9 Å². The number of aromatic nitrogens is 2. The topological polar surface area (TPSA) is 114 Å². The van der Waals surface area contributed by atoms with Crippen LogP contribution < -0.4 is 14.8 Å². The van der Waals surface area contributed by atoms with E-state index in [1.165, 1.54) is 12.3 Å². The molecule has 0 bridgehead atoms. The smallest absolute Gasteiger partial charge is 0.227 e. The first kappa shape index (κ1) is 23.0. The Morgan fingerprint density at radius 1 is 1.00 bits per heavy atom. The second-order valence-corrected chi connectivity index (χ2v) is 9.47.